The number of hydrogen-bond donors (Lipinski definition) is 0. The molecule has 3 aromatic rings. The Balaban J connectivity index is 1.68. The van der Waals surface area contributed by atoms with E-state index in [9.17, 15) is 14.9 Å². The maximum Gasteiger partial charge on any atom is 0.270 e. The van der Waals surface area contributed by atoms with Crippen LogP contribution in [0, 0.1) is 10.1 Å². The summed E-state index contributed by atoms with van der Waals surface area (Å²) in [6.07, 6.45) is 2.83. The predicted octanol–water partition coefficient (Wildman–Crippen LogP) is 3.33. The van der Waals surface area contributed by atoms with E-state index >= 15 is 0 Å². The summed E-state index contributed by atoms with van der Waals surface area (Å²) >= 11 is 0. The minimum absolute atomic E-state index is 0.0460. The molecule has 0 N–H and O–H groups in total. The SMILES string of the molecule is COc1ccc(-c2noc(CN(C)C(=O)/C=C/c3cccc([N+](=O)[O-])c3)n2)c(OC)c1. The highest BCUT2D eigenvalue weighted by molar-refractivity contribution is 5.91. The van der Waals surface area contributed by atoms with Gasteiger partial charge in [0.05, 0.1) is 31.3 Å². The zero-order valence-corrected chi connectivity index (χ0v) is 17.1. The lowest BCUT2D eigenvalue weighted by Gasteiger charge is -2.11. The van der Waals surface area contributed by atoms with Gasteiger partial charge >= 0.3 is 0 Å². The summed E-state index contributed by atoms with van der Waals surface area (Å²) < 4.78 is 15.8. The Morgan fingerprint density at radius 1 is 1.23 bits per heavy atom. The van der Waals surface area contributed by atoms with E-state index in [1.165, 1.54) is 36.3 Å². The number of methoxy groups -OCH3 is 2. The molecule has 1 amide bonds. The van der Waals surface area contributed by atoms with Crippen LogP contribution in [0.15, 0.2) is 53.1 Å². The molecule has 0 unspecified atom stereocenters. The van der Waals surface area contributed by atoms with Gasteiger partial charge in [-0.2, -0.15) is 4.98 Å². The molecule has 0 spiro atoms. The van der Waals surface area contributed by atoms with Crippen LogP contribution in [-0.2, 0) is 11.3 Å². The van der Waals surface area contributed by atoms with Crippen molar-refractivity contribution in [2.24, 2.45) is 0 Å². The molecule has 0 fully saturated rings. The van der Waals surface area contributed by atoms with Crippen molar-refractivity contribution in [1.82, 2.24) is 15.0 Å². The molecule has 3 rings (SSSR count). The van der Waals surface area contributed by atoms with Gasteiger partial charge in [-0.3, -0.25) is 14.9 Å². The Bertz CT molecular complexity index is 1120. The minimum Gasteiger partial charge on any atom is -0.497 e. The Morgan fingerprint density at radius 2 is 2.03 bits per heavy atom. The van der Waals surface area contributed by atoms with Crippen molar-refractivity contribution in [3.63, 3.8) is 0 Å². The van der Waals surface area contributed by atoms with Crippen LogP contribution >= 0.6 is 0 Å². The average Bonchev–Trinajstić information content (AvgIpc) is 3.25. The van der Waals surface area contributed by atoms with Crippen molar-refractivity contribution in [3.8, 4) is 22.9 Å². The number of rotatable bonds is 8. The fraction of sp³-hybridized carbons (Fsp3) is 0.190. The fourth-order valence-electron chi connectivity index (χ4n) is 2.73. The summed E-state index contributed by atoms with van der Waals surface area (Å²) in [6.45, 7) is 0.0869. The van der Waals surface area contributed by atoms with Crippen LogP contribution in [0.5, 0.6) is 11.5 Å². The summed E-state index contributed by atoms with van der Waals surface area (Å²) in [6, 6.07) is 11.2. The molecular weight excluding hydrogens is 404 g/mol. The number of non-ortho nitro benzene ring substituents is 1. The van der Waals surface area contributed by atoms with Crippen LogP contribution in [0.1, 0.15) is 11.5 Å². The Labute approximate surface area is 177 Å². The third-order valence-electron chi connectivity index (χ3n) is 4.37. The van der Waals surface area contributed by atoms with Crippen LogP contribution in [0.25, 0.3) is 17.5 Å². The molecule has 0 bridgehead atoms. The molecule has 2 aromatic carbocycles. The third-order valence-corrected chi connectivity index (χ3v) is 4.37. The molecule has 0 saturated carbocycles. The molecule has 1 aromatic heterocycles. The number of amides is 1. The van der Waals surface area contributed by atoms with Gasteiger partial charge in [0.2, 0.25) is 17.6 Å². The van der Waals surface area contributed by atoms with Gasteiger partial charge in [0.1, 0.15) is 11.5 Å². The molecule has 10 nitrogen and oxygen atoms in total. The molecule has 0 radical (unpaired) electrons. The highest BCUT2D eigenvalue weighted by Gasteiger charge is 2.16. The summed E-state index contributed by atoms with van der Waals surface area (Å²) in [5.41, 5.74) is 1.12. The van der Waals surface area contributed by atoms with Gasteiger partial charge in [0, 0.05) is 31.3 Å². The number of nitrogens with zero attached hydrogens (tertiary/aromatic N) is 4. The lowest BCUT2D eigenvalue weighted by atomic mass is 10.2. The second-order valence-corrected chi connectivity index (χ2v) is 6.46. The van der Waals surface area contributed by atoms with E-state index in [0.29, 0.717) is 28.5 Å². The molecule has 0 aliphatic heterocycles. The van der Waals surface area contributed by atoms with Crippen LogP contribution in [0.2, 0.25) is 0 Å². The quantitative estimate of drug-likeness (QED) is 0.307. The van der Waals surface area contributed by atoms with Crippen LogP contribution in [0.3, 0.4) is 0 Å². The van der Waals surface area contributed by atoms with Gasteiger partial charge in [-0.15, -0.1) is 0 Å². The highest BCUT2D eigenvalue weighted by atomic mass is 16.6. The Kier molecular flexibility index (Phi) is 6.61. The molecule has 0 aliphatic carbocycles. The van der Waals surface area contributed by atoms with Crippen molar-refractivity contribution in [2.45, 2.75) is 6.54 Å². The lowest BCUT2D eigenvalue weighted by Crippen LogP contribution is -2.24. The van der Waals surface area contributed by atoms with Gasteiger partial charge in [-0.05, 0) is 23.8 Å². The maximum atomic E-state index is 12.4. The van der Waals surface area contributed by atoms with Gasteiger partial charge in [-0.1, -0.05) is 17.3 Å². The van der Waals surface area contributed by atoms with Crippen LogP contribution in [0.4, 0.5) is 5.69 Å². The molecule has 0 atom stereocenters. The lowest BCUT2D eigenvalue weighted by molar-refractivity contribution is -0.384. The molecule has 0 aliphatic rings. The first-order chi connectivity index (χ1) is 14.9. The number of ether oxygens (including phenoxy) is 2. The van der Waals surface area contributed by atoms with Crippen molar-refractivity contribution in [1.29, 1.82) is 0 Å². The Hall–Kier alpha value is -4.21. The minimum atomic E-state index is -0.490. The standard InChI is InChI=1S/C21H20N4O6/c1-24(20(26)10-7-14-5-4-6-15(11-14)25(27)28)13-19-22-21(23-31-19)17-9-8-16(29-2)12-18(17)30-3/h4-12H,13H2,1-3H3/b10-7+. The van der Waals surface area contributed by atoms with Crippen LogP contribution in [-0.4, -0.2) is 47.1 Å². The number of hydrogen-bond acceptors (Lipinski definition) is 8. The molecular formula is C21H20N4O6. The van der Waals surface area contributed by atoms with Gasteiger partial charge in [0.25, 0.3) is 5.69 Å². The zero-order valence-electron chi connectivity index (χ0n) is 17.1. The van der Waals surface area contributed by atoms with Gasteiger partial charge in [0.15, 0.2) is 0 Å². The Morgan fingerprint density at radius 3 is 2.74 bits per heavy atom. The summed E-state index contributed by atoms with van der Waals surface area (Å²) in [4.78, 5) is 28.4. The summed E-state index contributed by atoms with van der Waals surface area (Å²) in [5, 5.41) is 14.8. The molecule has 31 heavy (non-hydrogen) atoms. The second-order valence-electron chi connectivity index (χ2n) is 6.46. The number of carbonyl (C=O) groups excluding carboxylic acids is 1. The third kappa shape index (κ3) is 5.24. The smallest absolute Gasteiger partial charge is 0.270 e. The predicted molar refractivity (Wildman–Crippen MR) is 111 cm³/mol. The van der Waals surface area contributed by atoms with E-state index in [4.69, 9.17) is 14.0 Å². The number of aromatic nitrogens is 2. The number of nitro groups is 1. The number of likely N-dealkylation sites (N-methyl/N-ethyl adjacent to an activating group) is 1. The van der Waals surface area contributed by atoms with E-state index in [-0.39, 0.29) is 24.0 Å². The van der Waals surface area contributed by atoms with Gasteiger partial charge in [-0.25, -0.2) is 0 Å². The monoisotopic (exact) mass is 424 g/mol. The first-order valence-corrected chi connectivity index (χ1v) is 9.14. The summed E-state index contributed by atoms with van der Waals surface area (Å²) in [5.74, 6) is 1.39. The highest BCUT2D eigenvalue weighted by Crippen LogP contribution is 2.31. The van der Waals surface area contributed by atoms with E-state index in [1.807, 2.05) is 0 Å². The molecule has 10 heteroatoms. The van der Waals surface area contributed by atoms with Crippen molar-refractivity contribution >= 4 is 17.7 Å². The topological polar surface area (TPSA) is 121 Å². The van der Waals surface area contributed by atoms with E-state index in [1.54, 1.807) is 44.5 Å². The molecule has 0 saturated heterocycles. The first-order valence-electron chi connectivity index (χ1n) is 9.14. The van der Waals surface area contributed by atoms with Gasteiger partial charge < -0.3 is 18.9 Å². The van der Waals surface area contributed by atoms with Crippen molar-refractivity contribution in [3.05, 3.63) is 70.1 Å². The van der Waals surface area contributed by atoms with E-state index in [2.05, 4.69) is 10.1 Å². The normalized spacial score (nSPS) is 10.8. The second kappa shape index (κ2) is 9.53. The molecule has 160 valence electrons. The van der Waals surface area contributed by atoms with Crippen molar-refractivity contribution < 1.29 is 23.7 Å². The number of benzene rings is 2. The van der Waals surface area contributed by atoms with E-state index in [0.717, 1.165) is 0 Å². The zero-order chi connectivity index (χ0) is 22.4. The maximum absolute atomic E-state index is 12.4. The largest absolute Gasteiger partial charge is 0.497 e. The number of carbonyl (C=O) groups is 1. The molecule has 1 heterocycles. The average molecular weight is 424 g/mol. The van der Waals surface area contributed by atoms with Crippen LogP contribution < -0.4 is 9.47 Å². The van der Waals surface area contributed by atoms with Crippen molar-refractivity contribution in [2.75, 3.05) is 21.3 Å². The fourth-order valence-corrected chi connectivity index (χ4v) is 2.73. The first kappa shape index (κ1) is 21.5. The summed E-state index contributed by atoms with van der Waals surface area (Å²) in [7, 11) is 4.67. The number of nitro benzene ring substituents is 1. The van der Waals surface area contributed by atoms with E-state index < -0.39 is 4.92 Å².